The Hall–Kier alpha value is -1.20. The van der Waals surface area contributed by atoms with Gasteiger partial charge in [-0.05, 0) is 12.8 Å². The van der Waals surface area contributed by atoms with Crippen molar-refractivity contribution in [1.29, 1.82) is 0 Å². The summed E-state index contributed by atoms with van der Waals surface area (Å²) in [6, 6.07) is 8.30. The Morgan fingerprint density at radius 2 is 2.15 bits per heavy atom. The lowest BCUT2D eigenvalue weighted by Gasteiger charge is -2.11. The molecule has 1 aromatic heterocycles. The molecule has 1 fully saturated rings. The number of halogens is 1. The molecule has 0 bridgehead atoms. The van der Waals surface area contributed by atoms with Gasteiger partial charge in [0, 0.05) is 29.2 Å². The molecular weight excluding hydrogens is 336 g/mol. The standard InChI is InChI=1S/C15H15BrN2OS/c1-10-2-4-12(5-3-10)13-9-20-15(17-13)18-8-11(7-16)6-14(18)19/h2-5,9,11H,6-8H2,1H3. The van der Waals surface area contributed by atoms with Gasteiger partial charge in [-0.15, -0.1) is 11.3 Å². The number of anilines is 1. The fourth-order valence-corrected chi connectivity index (χ4v) is 3.61. The first-order valence-electron chi connectivity index (χ1n) is 6.56. The number of alkyl halides is 1. The summed E-state index contributed by atoms with van der Waals surface area (Å²) in [6.07, 6.45) is 0.616. The molecule has 1 aliphatic heterocycles. The van der Waals surface area contributed by atoms with E-state index in [4.69, 9.17) is 0 Å². The number of rotatable bonds is 3. The molecule has 1 saturated heterocycles. The third kappa shape index (κ3) is 2.65. The van der Waals surface area contributed by atoms with Crippen LogP contribution in [0.25, 0.3) is 11.3 Å². The highest BCUT2D eigenvalue weighted by Crippen LogP contribution is 2.32. The van der Waals surface area contributed by atoms with Crippen LogP contribution in [0.2, 0.25) is 0 Å². The first-order chi connectivity index (χ1) is 9.67. The Bertz CT molecular complexity index is 623. The van der Waals surface area contributed by atoms with E-state index in [9.17, 15) is 4.79 Å². The summed E-state index contributed by atoms with van der Waals surface area (Å²) in [7, 11) is 0. The van der Waals surface area contributed by atoms with Gasteiger partial charge in [0.05, 0.1) is 5.69 Å². The monoisotopic (exact) mass is 350 g/mol. The summed E-state index contributed by atoms with van der Waals surface area (Å²) < 4.78 is 0. The molecule has 0 N–H and O–H groups in total. The molecule has 1 amide bonds. The van der Waals surface area contributed by atoms with Crippen molar-refractivity contribution in [2.75, 3.05) is 16.8 Å². The van der Waals surface area contributed by atoms with Crippen LogP contribution < -0.4 is 4.90 Å². The maximum Gasteiger partial charge on any atom is 0.229 e. The van der Waals surface area contributed by atoms with Gasteiger partial charge in [-0.25, -0.2) is 4.98 Å². The quantitative estimate of drug-likeness (QED) is 0.787. The molecule has 0 aliphatic carbocycles. The van der Waals surface area contributed by atoms with E-state index in [0.717, 1.165) is 28.3 Å². The van der Waals surface area contributed by atoms with E-state index in [-0.39, 0.29) is 5.91 Å². The molecule has 2 aromatic rings. The number of amides is 1. The summed E-state index contributed by atoms with van der Waals surface area (Å²) in [5.41, 5.74) is 3.28. The summed E-state index contributed by atoms with van der Waals surface area (Å²) in [6.45, 7) is 2.84. The van der Waals surface area contributed by atoms with Crippen LogP contribution in [0.4, 0.5) is 5.13 Å². The maximum atomic E-state index is 12.0. The number of carbonyl (C=O) groups excluding carboxylic acids is 1. The van der Waals surface area contributed by atoms with Gasteiger partial charge in [-0.2, -0.15) is 0 Å². The second-order valence-electron chi connectivity index (χ2n) is 5.11. The molecule has 0 radical (unpaired) electrons. The third-order valence-electron chi connectivity index (χ3n) is 3.49. The van der Waals surface area contributed by atoms with Crippen molar-refractivity contribution in [3.05, 3.63) is 35.2 Å². The number of benzene rings is 1. The molecule has 5 heteroatoms. The normalized spacial score (nSPS) is 18.8. The molecule has 104 valence electrons. The summed E-state index contributed by atoms with van der Waals surface area (Å²) in [4.78, 5) is 18.4. The van der Waals surface area contributed by atoms with Crippen LogP contribution >= 0.6 is 27.3 Å². The van der Waals surface area contributed by atoms with Crippen molar-refractivity contribution in [2.24, 2.45) is 5.92 Å². The van der Waals surface area contributed by atoms with Gasteiger partial charge < -0.3 is 0 Å². The number of aryl methyl sites for hydroxylation is 1. The van der Waals surface area contributed by atoms with Gasteiger partial charge in [-0.1, -0.05) is 45.8 Å². The molecule has 1 atom stereocenters. The van der Waals surface area contributed by atoms with E-state index in [1.54, 1.807) is 11.3 Å². The lowest BCUT2D eigenvalue weighted by Crippen LogP contribution is -2.24. The van der Waals surface area contributed by atoms with E-state index < -0.39 is 0 Å². The molecule has 3 nitrogen and oxygen atoms in total. The van der Waals surface area contributed by atoms with E-state index in [1.165, 1.54) is 5.56 Å². The topological polar surface area (TPSA) is 33.2 Å². The van der Waals surface area contributed by atoms with Crippen LogP contribution in [0.3, 0.4) is 0 Å². The largest absolute Gasteiger partial charge is 0.288 e. The van der Waals surface area contributed by atoms with Gasteiger partial charge in [0.1, 0.15) is 0 Å². The van der Waals surface area contributed by atoms with Crippen molar-refractivity contribution >= 4 is 38.3 Å². The Morgan fingerprint density at radius 1 is 1.40 bits per heavy atom. The van der Waals surface area contributed by atoms with Crippen molar-refractivity contribution in [3.8, 4) is 11.3 Å². The molecular formula is C15H15BrN2OS. The highest BCUT2D eigenvalue weighted by atomic mass is 79.9. The zero-order chi connectivity index (χ0) is 14.1. The smallest absolute Gasteiger partial charge is 0.229 e. The maximum absolute atomic E-state index is 12.0. The predicted octanol–water partition coefficient (Wildman–Crippen LogP) is 3.87. The second kappa shape index (κ2) is 5.66. The Morgan fingerprint density at radius 3 is 2.80 bits per heavy atom. The van der Waals surface area contributed by atoms with E-state index >= 15 is 0 Å². The number of aromatic nitrogens is 1. The first kappa shape index (κ1) is 13.8. The molecule has 1 unspecified atom stereocenters. The van der Waals surface area contributed by atoms with E-state index in [1.807, 2.05) is 10.3 Å². The highest BCUT2D eigenvalue weighted by Gasteiger charge is 2.31. The molecule has 2 heterocycles. The molecule has 1 aromatic carbocycles. The Balaban J connectivity index is 1.83. The van der Waals surface area contributed by atoms with Crippen LogP contribution in [-0.2, 0) is 4.79 Å². The van der Waals surface area contributed by atoms with Crippen molar-refractivity contribution in [2.45, 2.75) is 13.3 Å². The zero-order valence-corrected chi connectivity index (χ0v) is 13.6. The molecule has 0 saturated carbocycles. The minimum absolute atomic E-state index is 0.180. The number of hydrogen-bond acceptors (Lipinski definition) is 3. The van der Waals surface area contributed by atoms with Gasteiger partial charge >= 0.3 is 0 Å². The lowest BCUT2D eigenvalue weighted by atomic mass is 10.1. The van der Waals surface area contributed by atoms with Crippen LogP contribution in [0.5, 0.6) is 0 Å². The van der Waals surface area contributed by atoms with Crippen molar-refractivity contribution in [3.63, 3.8) is 0 Å². The average molecular weight is 351 g/mol. The van der Waals surface area contributed by atoms with Crippen LogP contribution in [0.1, 0.15) is 12.0 Å². The van der Waals surface area contributed by atoms with Crippen molar-refractivity contribution in [1.82, 2.24) is 4.98 Å². The van der Waals surface area contributed by atoms with Crippen molar-refractivity contribution < 1.29 is 4.79 Å². The SMILES string of the molecule is Cc1ccc(-c2csc(N3CC(CBr)CC3=O)n2)cc1. The number of carbonyl (C=O) groups is 1. The predicted molar refractivity (Wildman–Crippen MR) is 86.5 cm³/mol. The minimum atomic E-state index is 0.180. The number of thiazole rings is 1. The molecule has 20 heavy (non-hydrogen) atoms. The van der Waals surface area contributed by atoms with Crippen LogP contribution in [-0.4, -0.2) is 22.8 Å². The molecule has 1 aliphatic rings. The minimum Gasteiger partial charge on any atom is -0.288 e. The van der Waals surface area contributed by atoms with Crippen LogP contribution in [0, 0.1) is 12.8 Å². The average Bonchev–Trinajstić information content (AvgIpc) is 3.06. The number of nitrogens with zero attached hydrogens (tertiary/aromatic N) is 2. The number of hydrogen-bond donors (Lipinski definition) is 0. The van der Waals surface area contributed by atoms with Crippen LogP contribution in [0.15, 0.2) is 29.6 Å². The van der Waals surface area contributed by atoms with Gasteiger partial charge in [0.15, 0.2) is 5.13 Å². The summed E-state index contributed by atoms with van der Waals surface area (Å²) >= 11 is 5.00. The summed E-state index contributed by atoms with van der Waals surface area (Å²) in [5, 5.41) is 3.70. The highest BCUT2D eigenvalue weighted by molar-refractivity contribution is 9.09. The fraction of sp³-hybridized carbons (Fsp3) is 0.333. The Kier molecular flexibility index (Phi) is 3.89. The molecule has 3 rings (SSSR count). The van der Waals surface area contributed by atoms with Gasteiger partial charge in [0.25, 0.3) is 0 Å². The Labute approximate surface area is 130 Å². The first-order valence-corrected chi connectivity index (χ1v) is 8.56. The van der Waals surface area contributed by atoms with Gasteiger partial charge in [0.2, 0.25) is 5.91 Å². The van der Waals surface area contributed by atoms with E-state index in [2.05, 4.69) is 52.1 Å². The van der Waals surface area contributed by atoms with E-state index in [0.29, 0.717) is 12.3 Å². The third-order valence-corrected chi connectivity index (χ3v) is 5.27. The lowest BCUT2D eigenvalue weighted by molar-refractivity contribution is -0.117. The second-order valence-corrected chi connectivity index (χ2v) is 6.59. The van der Waals surface area contributed by atoms with Gasteiger partial charge in [-0.3, -0.25) is 9.69 Å². The summed E-state index contributed by atoms with van der Waals surface area (Å²) in [5.74, 6) is 0.577. The zero-order valence-electron chi connectivity index (χ0n) is 11.2. The fourth-order valence-electron chi connectivity index (χ4n) is 2.31. The molecule has 0 spiro atoms.